The molecule has 1 aliphatic heterocycles. The zero-order valence-electron chi connectivity index (χ0n) is 31.0. The SMILES string of the molecule is c1ccc(-c2ccc3c(c2)-n2c4ccc(-n5c6ccccc6c6ccccc65)cc4c4cccc(c42)-c2ccccc2-c2ccccc2N3c2ccccc2)cc1. The highest BCUT2D eigenvalue weighted by Gasteiger charge is 2.27. The van der Waals surface area contributed by atoms with E-state index in [1.807, 2.05) is 0 Å². The van der Waals surface area contributed by atoms with Gasteiger partial charge < -0.3 is 14.0 Å². The van der Waals surface area contributed by atoms with Crippen LogP contribution in [0.25, 0.3) is 88.4 Å². The van der Waals surface area contributed by atoms with E-state index in [1.54, 1.807) is 0 Å². The monoisotopic (exact) mass is 725 g/mol. The normalized spacial score (nSPS) is 12.2. The van der Waals surface area contributed by atoms with Gasteiger partial charge in [-0.05, 0) is 82.9 Å². The van der Waals surface area contributed by atoms with Crippen LogP contribution in [0.4, 0.5) is 17.1 Å². The Hall–Kier alpha value is -7.62. The van der Waals surface area contributed by atoms with Gasteiger partial charge in [0.1, 0.15) is 0 Å². The van der Waals surface area contributed by atoms with Crippen molar-refractivity contribution in [3.05, 3.63) is 212 Å². The van der Waals surface area contributed by atoms with Gasteiger partial charge in [-0.25, -0.2) is 0 Å². The van der Waals surface area contributed by atoms with Crippen LogP contribution < -0.4 is 4.90 Å². The number of fused-ring (bicyclic) bond motifs is 12. The van der Waals surface area contributed by atoms with Crippen molar-refractivity contribution < 1.29 is 0 Å². The molecule has 3 heteroatoms. The van der Waals surface area contributed by atoms with Gasteiger partial charge in [0.15, 0.2) is 0 Å². The Morgan fingerprint density at radius 3 is 1.60 bits per heavy atom. The number of aromatic nitrogens is 2. The minimum Gasteiger partial charge on any atom is -0.309 e. The van der Waals surface area contributed by atoms with Gasteiger partial charge in [0.05, 0.1) is 39.1 Å². The number of rotatable bonds is 3. The first-order chi connectivity index (χ1) is 28.3. The van der Waals surface area contributed by atoms with Gasteiger partial charge in [-0.1, -0.05) is 152 Å². The number of benzene rings is 9. The predicted octanol–water partition coefficient (Wildman–Crippen LogP) is 14.7. The molecular formula is C54H35N3. The number of nitrogens with zero attached hydrogens (tertiary/aromatic N) is 3. The topological polar surface area (TPSA) is 13.1 Å². The van der Waals surface area contributed by atoms with E-state index in [2.05, 4.69) is 226 Å². The highest BCUT2D eigenvalue weighted by molar-refractivity contribution is 6.17. The number of hydrogen-bond donors (Lipinski definition) is 0. The first-order valence-electron chi connectivity index (χ1n) is 19.6. The molecule has 266 valence electrons. The maximum Gasteiger partial charge on any atom is 0.0709 e. The molecule has 0 saturated heterocycles. The smallest absolute Gasteiger partial charge is 0.0709 e. The molecule has 0 amide bonds. The summed E-state index contributed by atoms with van der Waals surface area (Å²) >= 11 is 0. The molecule has 12 rings (SSSR count). The van der Waals surface area contributed by atoms with Crippen LogP contribution in [-0.2, 0) is 0 Å². The lowest BCUT2D eigenvalue weighted by molar-refractivity contribution is 1.14. The average molecular weight is 726 g/mol. The van der Waals surface area contributed by atoms with Crippen molar-refractivity contribution in [2.45, 2.75) is 0 Å². The first kappa shape index (κ1) is 31.7. The van der Waals surface area contributed by atoms with Crippen molar-refractivity contribution in [2.24, 2.45) is 0 Å². The van der Waals surface area contributed by atoms with Crippen molar-refractivity contribution >= 4 is 60.7 Å². The lowest BCUT2D eigenvalue weighted by Gasteiger charge is -2.32. The fourth-order valence-corrected chi connectivity index (χ4v) is 9.40. The van der Waals surface area contributed by atoms with Crippen LogP contribution in [0.5, 0.6) is 0 Å². The summed E-state index contributed by atoms with van der Waals surface area (Å²) in [6, 6.07) is 77.8. The van der Waals surface area contributed by atoms with Crippen LogP contribution in [0.2, 0.25) is 0 Å². The second-order valence-electron chi connectivity index (χ2n) is 14.9. The molecule has 0 atom stereocenters. The van der Waals surface area contributed by atoms with Gasteiger partial charge in [0.25, 0.3) is 0 Å². The Bertz CT molecular complexity index is 3300. The summed E-state index contributed by atoms with van der Waals surface area (Å²) in [7, 11) is 0. The Morgan fingerprint density at radius 2 is 0.842 bits per heavy atom. The van der Waals surface area contributed by atoms with Gasteiger partial charge in [-0.2, -0.15) is 0 Å². The second kappa shape index (κ2) is 12.5. The van der Waals surface area contributed by atoms with Crippen molar-refractivity contribution in [3.63, 3.8) is 0 Å². The summed E-state index contributed by atoms with van der Waals surface area (Å²) in [5.74, 6) is 0. The summed E-state index contributed by atoms with van der Waals surface area (Å²) in [4.78, 5) is 2.45. The maximum absolute atomic E-state index is 2.54. The van der Waals surface area contributed by atoms with Gasteiger partial charge in [0, 0.05) is 44.0 Å². The molecule has 11 aromatic rings. The third-order valence-corrected chi connectivity index (χ3v) is 11.8. The molecule has 0 bridgehead atoms. The van der Waals surface area contributed by atoms with Gasteiger partial charge in [-0.3, -0.25) is 0 Å². The summed E-state index contributed by atoms with van der Waals surface area (Å²) in [6.45, 7) is 0. The highest BCUT2D eigenvalue weighted by atomic mass is 15.2. The zero-order valence-corrected chi connectivity index (χ0v) is 31.0. The van der Waals surface area contributed by atoms with E-state index in [0.29, 0.717) is 0 Å². The Labute approximate surface area is 330 Å². The standard InChI is InChI=1S/C54H35N3/c1-3-16-36(17-4-1)37-30-32-52-53(34-37)57-51-33-31-39(56-49-28-13-10-23-43(49)44-24-11-14-29-50(44)56)35-47(51)46-26-15-25-45(54(46)57)41-21-8-7-20-40(41)42-22-9-12-27-48(42)55(52)38-18-5-2-6-19-38/h1-35H. The minimum atomic E-state index is 1.10. The van der Waals surface area contributed by atoms with Crippen LogP contribution in [0.3, 0.4) is 0 Å². The third kappa shape index (κ3) is 4.73. The van der Waals surface area contributed by atoms with E-state index in [-0.39, 0.29) is 0 Å². The number of para-hydroxylation sites is 5. The Morgan fingerprint density at radius 1 is 0.263 bits per heavy atom. The average Bonchev–Trinajstić information content (AvgIpc) is 3.80. The quantitative estimate of drug-likeness (QED) is 0.177. The van der Waals surface area contributed by atoms with Crippen molar-refractivity contribution in [2.75, 3.05) is 4.90 Å². The summed E-state index contributed by atoms with van der Waals surface area (Å²) in [5, 5.41) is 4.95. The fourth-order valence-electron chi connectivity index (χ4n) is 9.40. The van der Waals surface area contributed by atoms with Crippen LogP contribution in [0.15, 0.2) is 212 Å². The molecule has 3 heterocycles. The zero-order chi connectivity index (χ0) is 37.5. The molecule has 0 spiro atoms. The molecule has 9 aromatic carbocycles. The van der Waals surface area contributed by atoms with Crippen LogP contribution in [0, 0.1) is 0 Å². The molecule has 1 aliphatic rings. The molecule has 0 aliphatic carbocycles. The lowest BCUT2D eigenvalue weighted by Crippen LogP contribution is -2.15. The molecule has 0 saturated carbocycles. The van der Waals surface area contributed by atoms with E-state index >= 15 is 0 Å². The Kier molecular flexibility index (Phi) is 6.93. The minimum absolute atomic E-state index is 1.10. The van der Waals surface area contributed by atoms with E-state index in [0.717, 1.165) is 34.0 Å². The summed E-state index contributed by atoms with van der Waals surface area (Å²) in [5.41, 5.74) is 17.5. The molecule has 0 fully saturated rings. The molecule has 2 aromatic heterocycles. The molecule has 3 nitrogen and oxygen atoms in total. The predicted molar refractivity (Wildman–Crippen MR) is 240 cm³/mol. The maximum atomic E-state index is 2.54. The van der Waals surface area contributed by atoms with E-state index in [4.69, 9.17) is 0 Å². The number of anilines is 3. The van der Waals surface area contributed by atoms with Crippen molar-refractivity contribution in [1.29, 1.82) is 0 Å². The first-order valence-corrected chi connectivity index (χ1v) is 19.6. The van der Waals surface area contributed by atoms with E-state index < -0.39 is 0 Å². The second-order valence-corrected chi connectivity index (χ2v) is 14.9. The van der Waals surface area contributed by atoms with E-state index in [1.165, 1.54) is 71.5 Å². The van der Waals surface area contributed by atoms with Crippen LogP contribution in [-0.4, -0.2) is 9.13 Å². The van der Waals surface area contributed by atoms with Gasteiger partial charge >= 0.3 is 0 Å². The number of hydrogen-bond acceptors (Lipinski definition) is 1. The molecular weight excluding hydrogens is 691 g/mol. The molecule has 57 heavy (non-hydrogen) atoms. The summed E-state index contributed by atoms with van der Waals surface area (Å²) < 4.78 is 4.97. The molecule has 0 N–H and O–H groups in total. The van der Waals surface area contributed by atoms with Crippen molar-refractivity contribution in [1.82, 2.24) is 9.13 Å². The van der Waals surface area contributed by atoms with Crippen molar-refractivity contribution in [3.8, 4) is 44.8 Å². The van der Waals surface area contributed by atoms with Crippen LogP contribution >= 0.6 is 0 Å². The fraction of sp³-hybridized carbons (Fsp3) is 0. The van der Waals surface area contributed by atoms with Gasteiger partial charge in [-0.15, -0.1) is 0 Å². The molecule has 0 unspecified atom stereocenters. The third-order valence-electron chi connectivity index (χ3n) is 11.8. The Balaban J connectivity index is 1.26. The van der Waals surface area contributed by atoms with Crippen LogP contribution in [0.1, 0.15) is 0 Å². The highest BCUT2D eigenvalue weighted by Crippen LogP contribution is 2.50. The summed E-state index contributed by atoms with van der Waals surface area (Å²) in [6.07, 6.45) is 0. The van der Waals surface area contributed by atoms with Gasteiger partial charge in [0.2, 0.25) is 0 Å². The molecule has 0 radical (unpaired) electrons. The lowest BCUT2D eigenvalue weighted by atomic mass is 9.91. The van der Waals surface area contributed by atoms with E-state index in [9.17, 15) is 0 Å². The largest absolute Gasteiger partial charge is 0.309 e.